The summed E-state index contributed by atoms with van der Waals surface area (Å²) in [5.41, 5.74) is 4.78. The second kappa shape index (κ2) is 13.1. The Balaban J connectivity index is 2.29. The summed E-state index contributed by atoms with van der Waals surface area (Å²) in [4.78, 5) is 54.7. The van der Waals surface area contributed by atoms with Crippen molar-refractivity contribution in [2.75, 3.05) is 0 Å². The highest BCUT2D eigenvalue weighted by molar-refractivity contribution is 6.13. The zero-order valence-electron chi connectivity index (χ0n) is 30.2. The van der Waals surface area contributed by atoms with Gasteiger partial charge < -0.3 is 10.2 Å². The number of aromatic hydroxyl groups is 2. The number of hydrogen-bond donors (Lipinski definition) is 5. The minimum Gasteiger partial charge on any atom is -0.507 e. The van der Waals surface area contributed by atoms with Gasteiger partial charge in [-0.05, 0) is 69.2 Å². The van der Waals surface area contributed by atoms with Gasteiger partial charge in [0, 0.05) is 22.3 Å². The van der Waals surface area contributed by atoms with E-state index >= 15 is 0 Å². The molecule has 0 saturated heterocycles. The van der Waals surface area contributed by atoms with Crippen LogP contribution >= 0.6 is 0 Å². The Labute approximate surface area is 283 Å². The van der Waals surface area contributed by atoms with E-state index in [4.69, 9.17) is 5.84 Å². The maximum atomic E-state index is 14.5. The largest absolute Gasteiger partial charge is 0.507 e. The van der Waals surface area contributed by atoms with Crippen molar-refractivity contribution in [3.63, 3.8) is 0 Å². The fraction of sp³-hybridized carbons (Fsp3) is 0.421. The molecule has 0 unspecified atom stereocenters. The van der Waals surface area contributed by atoms with Gasteiger partial charge in [-0.3, -0.25) is 30.0 Å². The number of carbonyl (C=O) groups is 4. The van der Waals surface area contributed by atoms with Crippen LogP contribution < -0.4 is 16.7 Å². The predicted molar refractivity (Wildman–Crippen MR) is 187 cm³/mol. The molecule has 0 aliphatic carbocycles. The normalized spacial score (nSPS) is 12.4. The van der Waals surface area contributed by atoms with Gasteiger partial charge >= 0.3 is 0 Å². The molecule has 48 heavy (non-hydrogen) atoms. The van der Waals surface area contributed by atoms with Crippen LogP contribution in [0.1, 0.15) is 147 Å². The van der Waals surface area contributed by atoms with Crippen LogP contribution in [0.5, 0.6) is 11.5 Å². The number of carbonyl (C=O) groups excluding carboxylic acids is 4. The molecule has 0 atom stereocenters. The number of nitrogens with two attached hydrogens (primary N) is 1. The summed E-state index contributed by atoms with van der Waals surface area (Å²) in [5.74, 6) is 1.21. The number of benzene rings is 3. The molecule has 4 amide bonds. The van der Waals surface area contributed by atoms with Gasteiger partial charge in [-0.2, -0.15) is 5.01 Å². The molecule has 0 aromatic heterocycles. The summed E-state index contributed by atoms with van der Waals surface area (Å²) in [5, 5.41) is 23.4. The highest BCUT2D eigenvalue weighted by atomic mass is 16.3. The van der Waals surface area contributed by atoms with Gasteiger partial charge in [0.1, 0.15) is 11.5 Å². The molecule has 3 aromatic rings. The van der Waals surface area contributed by atoms with Gasteiger partial charge in [0.15, 0.2) is 0 Å². The lowest BCUT2D eigenvalue weighted by molar-refractivity contribution is 0.0481. The monoisotopic (exact) mass is 658 g/mol. The average Bonchev–Trinajstić information content (AvgIpc) is 2.96. The maximum absolute atomic E-state index is 14.5. The zero-order chi connectivity index (χ0) is 36.7. The lowest BCUT2D eigenvalue weighted by Crippen LogP contribution is -2.50. The Morgan fingerprint density at radius 1 is 0.562 bits per heavy atom. The number of rotatable bonds is 4. The summed E-state index contributed by atoms with van der Waals surface area (Å²) in [6.45, 7) is 23.2. The summed E-state index contributed by atoms with van der Waals surface area (Å²) in [6.07, 6.45) is 0. The summed E-state index contributed by atoms with van der Waals surface area (Å²) < 4.78 is 0. The molecule has 3 rings (SSSR count). The Bertz CT molecular complexity index is 1750. The minimum atomic E-state index is -0.992. The van der Waals surface area contributed by atoms with Gasteiger partial charge in [0.05, 0.1) is 11.1 Å². The van der Waals surface area contributed by atoms with Crippen molar-refractivity contribution in [2.24, 2.45) is 5.84 Å². The van der Waals surface area contributed by atoms with E-state index in [1.807, 2.05) is 101 Å². The van der Waals surface area contributed by atoms with Crippen LogP contribution in [0.25, 0.3) is 0 Å². The molecule has 6 N–H and O–H groups in total. The van der Waals surface area contributed by atoms with E-state index in [0.29, 0.717) is 16.1 Å². The lowest BCUT2D eigenvalue weighted by atomic mass is 9.78. The van der Waals surface area contributed by atoms with Gasteiger partial charge in [0.25, 0.3) is 23.6 Å². The Kier molecular flexibility index (Phi) is 10.3. The number of nitrogens with one attached hydrogen (secondary N) is 2. The van der Waals surface area contributed by atoms with Crippen molar-refractivity contribution in [1.29, 1.82) is 0 Å². The van der Waals surface area contributed by atoms with E-state index in [1.165, 1.54) is 30.3 Å². The number of nitrogen functional groups attached to an aromatic ring is 1. The molecule has 0 aliphatic heterocycles. The third-order valence-corrected chi connectivity index (χ3v) is 8.19. The molecule has 0 heterocycles. The summed E-state index contributed by atoms with van der Waals surface area (Å²) >= 11 is 0. The zero-order valence-corrected chi connectivity index (χ0v) is 30.2. The van der Waals surface area contributed by atoms with Crippen molar-refractivity contribution in [1.82, 2.24) is 15.9 Å². The van der Waals surface area contributed by atoms with Crippen LogP contribution in [0.15, 0.2) is 48.5 Å². The molecular formula is C38H50N4O6. The second-order valence-electron chi connectivity index (χ2n) is 16.3. The van der Waals surface area contributed by atoms with Gasteiger partial charge in [0.2, 0.25) is 0 Å². The van der Waals surface area contributed by atoms with Crippen LogP contribution in [0.4, 0.5) is 0 Å². The molecule has 258 valence electrons. The van der Waals surface area contributed by atoms with Crippen LogP contribution in [-0.2, 0) is 21.7 Å². The minimum absolute atomic E-state index is 0.0391. The van der Waals surface area contributed by atoms with E-state index < -0.39 is 45.3 Å². The van der Waals surface area contributed by atoms with Crippen LogP contribution in [0.2, 0.25) is 0 Å². The fourth-order valence-electron chi connectivity index (χ4n) is 5.07. The van der Waals surface area contributed by atoms with Crippen molar-refractivity contribution < 1.29 is 29.4 Å². The first kappa shape index (κ1) is 37.8. The van der Waals surface area contributed by atoms with E-state index in [1.54, 1.807) is 6.07 Å². The standard InChI is InChI=1S/C38H50N4O6/c1-35(2,3)23-17-25(29(43)27(19-23)37(7,8)9)32(46)41-42(33(47)22-15-13-21(14-16-22)31(45)40-39)34(48)26-18-24(36(4,5)6)20-28(30(26)44)38(10,11)12/h13-20,43-44H,39H2,1-12H3,(H,40,45)(H,41,46). The molecule has 0 radical (unpaired) electrons. The number of imide groups is 1. The fourth-order valence-corrected chi connectivity index (χ4v) is 5.07. The predicted octanol–water partition coefficient (Wildman–Crippen LogP) is 6.52. The number of phenolic OH excluding ortho intramolecular Hbond substituents is 2. The topological polar surface area (TPSA) is 162 Å². The van der Waals surface area contributed by atoms with Crippen molar-refractivity contribution in [3.8, 4) is 11.5 Å². The van der Waals surface area contributed by atoms with Crippen molar-refractivity contribution in [3.05, 3.63) is 93.0 Å². The molecule has 0 fully saturated rings. The van der Waals surface area contributed by atoms with E-state index in [-0.39, 0.29) is 33.8 Å². The number of phenols is 2. The van der Waals surface area contributed by atoms with Gasteiger partial charge in [-0.25, -0.2) is 5.84 Å². The summed E-state index contributed by atoms with van der Waals surface area (Å²) in [6, 6.07) is 12.1. The quantitative estimate of drug-likeness (QED) is 0.0923. The van der Waals surface area contributed by atoms with Crippen molar-refractivity contribution in [2.45, 2.75) is 105 Å². The molecule has 0 bridgehead atoms. The third-order valence-electron chi connectivity index (χ3n) is 8.19. The number of hydrazine groups is 2. The maximum Gasteiger partial charge on any atom is 0.283 e. The number of hydrogen-bond acceptors (Lipinski definition) is 7. The highest BCUT2D eigenvalue weighted by Crippen LogP contribution is 2.39. The first-order valence-corrected chi connectivity index (χ1v) is 15.9. The molecule has 10 nitrogen and oxygen atoms in total. The van der Waals surface area contributed by atoms with E-state index in [0.717, 1.165) is 11.1 Å². The lowest BCUT2D eigenvalue weighted by Gasteiger charge is -2.29. The Morgan fingerprint density at radius 3 is 1.35 bits per heavy atom. The molecule has 3 aromatic carbocycles. The average molecular weight is 659 g/mol. The number of nitrogens with zero attached hydrogens (tertiary/aromatic N) is 1. The SMILES string of the molecule is CC(C)(C)c1cc(C(=O)NN(C(=O)c2ccc(C(=O)NN)cc2)C(=O)c2cc(C(C)(C)C)cc(C(C)(C)C)c2O)c(O)c(C(C)(C)C)c1. The van der Waals surface area contributed by atoms with E-state index in [2.05, 4.69) is 5.43 Å². The molecule has 0 spiro atoms. The van der Waals surface area contributed by atoms with E-state index in [9.17, 15) is 29.4 Å². The Morgan fingerprint density at radius 2 is 0.958 bits per heavy atom. The van der Waals surface area contributed by atoms with Gasteiger partial charge in [-0.1, -0.05) is 95.2 Å². The third kappa shape index (κ3) is 8.05. The first-order valence-electron chi connectivity index (χ1n) is 15.9. The summed E-state index contributed by atoms with van der Waals surface area (Å²) in [7, 11) is 0. The van der Waals surface area contributed by atoms with Crippen LogP contribution in [0.3, 0.4) is 0 Å². The molecule has 0 saturated carbocycles. The second-order valence-corrected chi connectivity index (χ2v) is 16.3. The highest BCUT2D eigenvalue weighted by Gasteiger charge is 2.34. The van der Waals surface area contributed by atoms with Crippen LogP contribution in [0, 0.1) is 0 Å². The number of amides is 4. The van der Waals surface area contributed by atoms with Crippen molar-refractivity contribution >= 4 is 23.6 Å². The molecular weight excluding hydrogens is 608 g/mol. The molecule has 0 aliphatic rings. The molecule has 10 heteroatoms. The smallest absolute Gasteiger partial charge is 0.283 e. The van der Waals surface area contributed by atoms with Crippen LogP contribution in [-0.4, -0.2) is 38.9 Å². The Hall–Kier alpha value is -4.70. The van der Waals surface area contributed by atoms with Gasteiger partial charge in [-0.15, -0.1) is 0 Å². The first-order chi connectivity index (χ1) is 21.8.